The quantitative estimate of drug-likeness (QED) is 0.565. The van der Waals surface area contributed by atoms with E-state index in [4.69, 9.17) is 32.8 Å². The highest BCUT2D eigenvalue weighted by Gasteiger charge is 2.26. The van der Waals surface area contributed by atoms with Crippen LogP contribution >= 0.6 is 23.2 Å². The van der Waals surface area contributed by atoms with Gasteiger partial charge in [-0.25, -0.2) is 0 Å². The van der Waals surface area contributed by atoms with Crippen LogP contribution in [0, 0.1) is 0 Å². The van der Waals surface area contributed by atoms with E-state index in [1.165, 1.54) is 5.56 Å². The highest BCUT2D eigenvalue weighted by atomic mass is 35.5. The van der Waals surface area contributed by atoms with Crippen molar-refractivity contribution in [3.05, 3.63) is 69.7 Å². The molecule has 3 rings (SSSR count). The van der Waals surface area contributed by atoms with Gasteiger partial charge in [-0.3, -0.25) is 4.90 Å². The van der Waals surface area contributed by atoms with Gasteiger partial charge in [0.15, 0.2) is 0 Å². The number of oxime groups is 1. The molecule has 0 aliphatic carbocycles. The Bertz CT molecular complexity index is 846. The molecule has 1 aliphatic rings. The third-order valence-corrected chi connectivity index (χ3v) is 5.53. The van der Waals surface area contributed by atoms with Gasteiger partial charge < -0.3 is 14.7 Å². The third-order valence-electron chi connectivity index (χ3n) is 4.79. The Morgan fingerprint density at radius 1 is 1.17 bits per heavy atom. The van der Waals surface area contributed by atoms with E-state index in [2.05, 4.69) is 22.2 Å². The number of rotatable bonds is 10. The van der Waals surface area contributed by atoms with Crippen molar-refractivity contribution >= 4 is 28.9 Å². The molecule has 0 radical (unpaired) electrons. The van der Waals surface area contributed by atoms with E-state index in [-0.39, 0.29) is 12.2 Å². The maximum atomic E-state index is 10.4. The minimum absolute atomic E-state index is 0.0857. The Morgan fingerprint density at radius 2 is 1.93 bits per heavy atom. The topological polar surface area (TPSA) is 54.3 Å². The molecule has 162 valence electrons. The van der Waals surface area contributed by atoms with Crippen LogP contribution in [0.2, 0.25) is 10.0 Å². The molecule has 0 amide bonds. The molecule has 0 spiro atoms. The van der Waals surface area contributed by atoms with Gasteiger partial charge in [0.2, 0.25) is 0 Å². The number of aliphatic hydroxyl groups is 1. The average Bonchev–Trinajstić information content (AvgIpc) is 3.17. The molecule has 2 atom stereocenters. The van der Waals surface area contributed by atoms with Crippen LogP contribution in [0.3, 0.4) is 0 Å². The number of ether oxygens (including phenoxy) is 1. The van der Waals surface area contributed by atoms with Gasteiger partial charge in [-0.1, -0.05) is 64.8 Å². The molecule has 0 bridgehead atoms. The molecule has 2 aromatic carbocycles. The van der Waals surface area contributed by atoms with Crippen LogP contribution in [0.1, 0.15) is 31.4 Å². The van der Waals surface area contributed by atoms with Crippen molar-refractivity contribution in [3.8, 4) is 0 Å². The lowest BCUT2D eigenvalue weighted by Gasteiger charge is -2.27. The Balaban J connectivity index is 1.61. The predicted molar refractivity (Wildman–Crippen MR) is 121 cm³/mol. The summed E-state index contributed by atoms with van der Waals surface area (Å²) in [7, 11) is 0. The van der Waals surface area contributed by atoms with E-state index in [1.54, 1.807) is 6.07 Å². The van der Waals surface area contributed by atoms with E-state index < -0.39 is 6.10 Å². The summed E-state index contributed by atoms with van der Waals surface area (Å²) in [6.07, 6.45) is 0.0777. The number of aliphatic hydroxyl groups excluding tert-OH is 1. The number of benzene rings is 2. The monoisotopic (exact) mass is 450 g/mol. The molecular weight excluding hydrogens is 423 g/mol. The van der Waals surface area contributed by atoms with Crippen LogP contribution in [0.25, 0.3) is 0 Å². The molecule has 2 aromatic rings. The molecule has 7 heteroatoms. The average molecular weight is 451 g/mol. The van der Waals surface area contributed by atoms with E-state index in [1.807, 2.05) is 44.2 Å². The summed E-state index contributed by atoms with van der Waals surface area (Å²) < 4.78 is 5.57. The van der Waals surface area contributed by atoms with E-state index in [0.29, 0.717) is 42.7 Å². The number of hydrogen-bond acceptors (Lipinski definition) is 5. The second-order valence-electron chi connectivity index (χ2n) is 7.81. The fourth-order valence-corrected chi connectivity index (χ4v) is 3.66. The van der Waals surface area contributed by atoms with Crippen LogP contribution in [0.4, 0.5) is 0 Å². The number of halogens is 2. The minimum Gasteiger partial charge on any atom is -0.390 e. The summed E-state index contributed by atoms with van der Waals surface area (Å²) in [6, 6.07) is 15.7. The van der Waals surface area contributed by atoms with Crippen molar-refractivity contribution < 1.29 is 14.7 Å². The van der Waals surface area contributed by atoms with Crippen LogP contribution in [-0.4, -0.2) is 53.7 Å². The molecule has 0 saturated carbocycles. The van der Waals surface area contributed by atoms with E-state index in [9.17, 15) is 5.11 Å². The fourth-order valence-electron chi connectivity index (χ4n) is 3.36. The zero-order chi connectivity index (χ0) is 21.5. The van der Waals surface area contributed by atoms with Gasteiger partial charge in [-0.15, -0.1) is 0 Å². The number of hydrogen-bond donors (Lipinski definition) is 1. The lowest BCUT2D eigenvalue weighted by molar-refractivity contribution is -0.0194. The summed E-state index contributed by atoms with van der Waals surface area (Å²) in [4.78, 5) is 7.88. The zero-order valence-corrected chi connectivity index (χ0v) is 18.8. The van der Waals surface area contributed by atoms with Crippen LogP contribution in [0.15, 0.2) is 53.7 Å². The number of nitrogens with zero attached hydrogens (tertiary/aromatic N) is 2. The first-order valence-electron chi connectivity index (χ1n) is 10.1. The lowest BCUT2D eigenvalue weighted by atomic mass is 10.0. The van der Waals surface area contributed by atoms with Crippen LogP contribution < -0.4 is 0 Å². The SMILES string of the molecule is CC(C)OC[C@H](O)CN(Cc1ccccc1)C[C@H]1CC(c2ccc(Cl)c(Cl)c2)=NO1. The molecule has 1 aliphatic heterocycles. The van der Waals surface area contributed by atoms with Crippen molar-refractivity contribution in [3.63, 3.8) is 0 Å². The van der Waals surface area contributed by atoms with Crippen molar-refractivity contribution in [2.75, 3.05) is 19.7 Å². The highest BCUT2D eigenvalue weighted by molar-refractivity contribution is 6.42. The normalized spacial score (nSPS) is 17.3. The van der Waals surface area contributed by atoms with Crippen LogP contribution in [0.5, 0.6) is 0 Å². The van der Waals surface area contributed by atoms with Gasteiger partial charge >= 0.3 is 0 Å². The Kier molecular flexibility index (Phi) is 8.54. The minimum atomic E-state index is -0.576. The molecule has 0 unspecified atom stereocenters. The molecular formula is C23H28Cl2N2O3. The Hall–Kier alpha value is -1.63. The van der Waals surface area contributed by atoms with Gasteiger partial charge in [-0.05, 0) is 31.5 Å². The zero-order valence-electron chi connectivity index (χ0n) is 17.3. The molecule has 1 heterocycles. The summed E-state index contributed by atoms with van der Waals surface area (Å²) >= 11 is 12.1. The summed E-state index contributed by atoms with van der Waals surface area (Å²) in [5, 5.41) is 15.7. The van der Waals surface area contributed by atoms with Gasteiger partial charge in [0, 0.05) is 31.6 Å². The first-order chi connectivity index (χ1) is 14.4. The summed E-state index contributed by atoms with van der Waals surface area (Å²) in [6.45, 7) is 6.07. The largest absolute Gasteiger partial charge is 0.390 e. The second kappa shape index (κ2) is 11.1. The predicted octanol–water partition coefficient (Wildman–Crippen LogP) is 4.77. The summed E-state index contributed by atoms with van der Waals surface area (Å²) in [5.74, 6) is 0. The van der Waals surface area contributed by atoms with E-state index in [0.717, 1.165) is 11.3 Å². The van der Waals surface area contributed by atoms with Crippen molar-refractivity contribution in [2.45, 2.75) is 45.1 Å². The molecule has 0 saturated heterocycles. The molecule has 1 N–H and O–H groups in total. The molecule has 0 aromatic heterocycles. The Labute approximate surface area is 188 Å². The van der Waals surface area contributed by atoms with Gasteiger partial charge in [-0.2, -0.15) is 0 Å². The molecule has 30 heavy (non-hydrogen) atoms. The maximum absolute atomic E-state index is 10.4. The van der Waals surface area contributed by atoms with E-state index >= 15 is 0 Å². The lowest BCUT2D eigenvalue weighted by Crippen LogP contribution is -2.39. The van der Waals surface area contributed by atoms with Crippen LogP contribution in [-0.2, 0) is 16.1 Å². The smallest absolute Gasteiger partial charge is 0.145 e. The van der Waals surface area contributed by atoms with Crippen molar-refractivity contribution in [1.82, 2.24) is 4.90 Å². The molecule has 5 nitrogen and oxygen atoms in total. The summed E-state index contributed by atoms with van der Waals surface area (Å²) in [5.41, 5.74) is 2.94. The first kappa shape index (κ1) is 23.0. The second-order valence-corrected chi connectivity index (χ2v) is 8.63. The molecule has 0 fully saturated rings. The first-order valence-corrected chi connectivity index (χ1v) is 10.9. The van der Waals surface area contributed by atoms with Crippen molar-refractivity contribution in [2.24, 2.45) is 5.16 Å². The van der Waals surface area contributed by atoms with Gasteiger partial charge in [0.05, 0.1) is 34.6 Å². The fraction of sp³-hybridized carbons (Fsp3) is 0.435. The van der Waals surface area contributed by atoms with Crippen molar-refractivity contribution in [1.29, 1.82) is 0 Å². The maximum Gasteiger partial charge on any atom is 0.145 e. The Morgan fingerprint density at radius 3 is 2.63 bits per heavy atom. The highest BCUT2D eigenvalue weighted by Crippen LogP contribution is 2.26. The van der Waals surface area contributed by atoms with Gasteiger partial charge in [0.1, 0.15) is 6.10 Å². The van der Waals surface area contributed by atoms with Gasteiger partial charge in [0.25, 0.3) is 0 Å². The third kappa shape index (κ3) is 6.96. The standard InChI is InChI=1S/C23H28Cl2N2O3/c1-16(2)29-15-19(28)13-27(12-17-6-4-3-5-7-17)14-20-11-23(26-30-20)18-8-9-21(24)22(25)10-18/h3-10,16,19-20,28H,11-15H2,1-2H3/t19-,20-/m1/s1.